The number of hydrogen-bond donors (Lipinski definition) is 1. The lowest BCUT2D eigenvalue weighted by molar-refractivity contribution is 0.395. The molecule has 2 aromatic carbocycles. The van der Waals surface area contributed by atoms with E-state index in [0.29, 0.717) is 5.88 Å². The zero-order valence-electron chi connectivity index (χ0n) is 11.9. The lowest BCUT2D eigenvalue weighted by atomic mass is 9.98. The predicted molar refractivity (Wildman–Crippen MR) is 83.2 cm³/mol. The van der Waals surface area contributed by atoms with E-state index in [4.69, 9.17) is 10.5 Å². The highest BCUT2D eigenvalue weighted by Crippen LogP contribution is 2.23. The molecule has 0 aliphatic carbocycles. The van der Waals surface area contributed by atoms with E-state index in [9.17, 15) is 0 Å². The van der Waals surface area contributed by atoms with Gasteiger partial charge >= 0.3 is 0 Å². The fourth-order valence-corrected chi connectivity index (χ4v) is 2.48. The Kier molecular flexibility index (Phi) is 3.79. The van der Waals surface area contributed by atoms with E-state index in [-0.39, 0.29) is 6.04 Å². The minimum atomic E-state index is -0.187. The molecule has 1 unspecified atom stereocenters. The molecule has 0 aliphatic heterocycles. The van der Waals surface area contributed by atoms with Crippen LogP contribution >= 0.6 is 0 Å². The summed E-state index contributed by atoms with van der Waals surface area (Å²) in [6.45, 7) is 0. The average Bonchev–Trinajstić information content (AvgIpc) is 2.55. The first-order valence-electron chi connectivity index (χ1n) is 6.86. The maximum atomic E-state index is 6.30. The normalized spacial score (nSPS) is 12.3. The molecule has 0 radical (unpaired) electrons. The van der Waals surface area contributed by atoms with E-state index < -0.39 is 0 Å². The van der Waals surface area contributed by atoms with Gasteiger partial charge in [0.15, 0.2) is 0 Å². The van der Waals surface area contributed by atoms with Gasteiger partial charge in [-0.15, -0.1) is 0 Å². The van der Waals surface area contributed by atoms with Gasteiger partial charge in [-0.25, -0.2) is 9.97 Å². The van der Waals surface area contributed by atoms with Crippen LogP contribution in [-0.4, -0.2) is 17.1 Å². The van der Waals surface area contributed by atoms with Crippen molar-refractivity contribution in [2.45, 2.75) is 12.5 Å². The standard InChI is InChI=1S/C17H17N3O/c1-21-17-10-16(19-11-20-17)15(18)9-13-7-4-6-12-5-2-3-8-14(12)13/h2-8,10-11,15H,9,18H2,1H3. The zero-order chi connectivity index (χ0) is 14.7. The quantitative estimate of drug-likeness (QED) is 0.797. The van der Waals surface area contributed by atoms with Crippen LogP contribution in [-0.2, 0) is 6.42 Å². The van der Waals surface area contributed by atoms with E-state index in [1.54, 1.807) is 13.2 Å². The van der Waals surface area contributed by atoms with Crippen molar-refractivity contribution in [3.8, 4) is 5.88 Å². The Bertz CT molecular complexity index is 752. The van der Waals surface area contributed by atoms with Gasteiger partial charge in [0.25, 0.3) is 0 Å². The Morgan fingerprint density at radius 3 is 2.76 bits per heavy atom. The van der Waals surface area contributed by atoms with Crippen molar-refractivity contribution in [3.63, 3.8) is 0 Å². The Labute approximate surface area is 123 Å². The molecule has 1 atom stereocenters. The molecule has 0 amide bonds. The highest BCUT2D eigenvalue weighted by molar-refractivity contribution is 5.85. The van der Waals surface area contributed by atoms with Crippen LogP contribution in [0.2, 0.25) is 0 Å². The molecule has 0 fully saturated rings. The Morgan fingerprint density at radius 2 is 1.90 bits per heavy atom. The number of nitrogens with two attached hydrogens (primary N) is 1. The second-order valence-corrected chi connectivity index (χ2v) is 4.93. The van der Waals surface area contributed by atoms with Gasteiger partial charge in [0.05, 0.1) is 18.8 Å². The molecular weight excluding hydrogens is 262 g/mol. The number of methoxy groups -OCH3 is 1. The molecule has 1 heterocycles. The molecule has 4 heteroatoms. The van der Waals surface area contributed by atoms with Gasteiger partial charge < -0.3 is 10.5 Å². The topological polar surface area (TPSA) is 61.0 Å². The number of hydrogen-bond acceptors (Lipinski definition) is 4. The third kappa shape index (κ3) is 2.85. The summed E-state index contributed by atoms with van der Waals surface area (Å²) in [6.07, 6.45) is 2.21. The van der Waals surface area contributed by atoms with Crippen molar-refractivity contribution in [1.82, 2.24) is 9.97 Å². The molecule has 3 aromatic rings. The molecule has 3 rings (SSSR count). The number of aromatic nitrogens is 2. The number of benzene rings is 2. The second-order valence-electron chi connectivity index (χ2n) is 4.93. The summed E-state index contributed by atoms with van der Waals surface area (Å²) in [6, 6.07) is 16.2. The SMILES string of the molecule is COc1cc(C(N)Cc2cccc3ccccc23)ncn1. The molecule has 4 nitrogen and oxygen atoms in total. The fraction of sp³-hybridized carbons (Fsp3) is 0.176. The molecule has 0 spiro atoms. The minimum absolute atomic E-state index is 0.187. The van der Waals surface area contributed by atoms with Crippen molar-refractivity contribution in [2.24, 2.45) is 5.73 Å². The summed E-state index contributed by atoms with van der Waals surface area (Å²) in [5.74, 6) is 0.536. The third-order valence-corrected chi connectivity index (χ3v) is 3.57. The number of nitrogens with zero attached hydrogens (tertiary/aromatic N) is 2. The van der Waals surface area contributed by atoms with Crippen molar-refractivity contribution in [1.29, 1.82) is 0 Å². The summed E-state index contributed by atoms with van der Waals surface area (Å²) in [5.41, 5.74) is 8.30. The van der Waals surface area contributed by atoms with Gasteiger partial charge in [-0.1, -0.05) is 42.5 Å². The van der Waals surface area contributed by atoms with E-state index in [0.717, 1.165) is 12.1 Å². The first-order valence-corrected chi connectivity index (χ1v) is 6.86. The molecule has 1 aromatic heterocycles. The van der Waals surface area contributed by atoms with E-state index in [2.05, 4.69) is 40.3 Å². The first kappa shape index (κ1) is 13.5. The monoisotopic (exact) mass is 279 g/mol. The van der Waals surface area contributed by atoms with Crippen LogP contribution in [0.3, 0.4) is 0 Å². The summed E-state index contributed by atoms with van der Waals surface area (Å²) >= 11 is 0. The van der Waals surface area contributed by atoms with Gasteiger partial charge in [-0.05, 0) is 22.8 Å². The fourth-order valence-electron chi connectivity index (χ4n) is 2.48. The molecule has 106 valence electrons. The Hall–Kier alpha value is -2.46. The highest BCUT2D eigenvalue weighted by atomic mass is 16.5. The summed E-state index contributed by atoms with van der Waals surface area (Å²) in [4.78, 5) is 8.26. The molecule has 2 N–H and O–H groups in total. The van der Waals surface area contributed by atoms with Crippen LogP contribution in [0.4, 0.5) is 0 Å². The zero-order valence-corrected chi connectivity index (χ0v) is 11.9. The van der Waals surface area contributed by atoms with Crippen molar-refractivity contribution in [2.75, 3.05) is 7.11 Å². The van der Waals surface area contributed by atoms with E-state index in [1.807, 2.05) is 12.1 Å². The van der Waals surface area contributed by atoms with E-state index in [1.165, 1.54) is 22.7 Å². The first-order chi connectivity index (χ1) is 10.3. The van der Waals surface area contributed by atoms with Gasteiger partial charge in [0, 0.05) is 6.07 Å². The molecule has 0 aliphatic rings. The Balaban J connectivity index is 1.90. The number of fused-ring (bicyclic) bond motifs is 1. The predicted octanol–water partition coefficient (Wildman–Crippen LogP) is 2.88. The van der Waals surface area contributed by atoms with E-state index >= 15 is 0 Å². The van der Waals surface area contributed by atoms with Gasteiger partial charge in [-0.2, -0.15) is 0 Å². The molecule has 0 saturated carbocycles. The third-order valence-electron chi connectivity index (χ3n) is 3.57. The smallest absolute Gasteiger partial charge is 0.216 e. The lowest BCUT2D eigenvalue weighted by Crippen LogP contribution is -2.15. The number of rotatable bonds is 4. The Morgan fingerprint density at radius 1 is 1.10 bits per heavy atom. The van der Waals surface area contributed by atoms with Crippen LogP contribution in [0.15, 0.2) is 54.9 Å². The van der Waals surface area contributed by atoms with Crippen LogP contribution in [0.1, 0.15) is 17.3 Å². The summed E-state index contributed by atoms with van der Waals surface area (Å²) < 4.78 is 5.12. The minimum Gasteiger partial charge on any atom is -0.481 e. The second kappa shape index (κ2) is 5.89. The molecular formula is C17H17N3O. The van der Waals surface area contributed by atoms with Crippen molar-refractivity contribution >= 4 is 10.8 Å². The van der Waals surface area contributed by atoms with Crippen LogP contribution in [0, 0.1) is 0 Å². The molecule has 21 heavy (non-hydrogen) atoms. The molecule has 0 bridgehead atoms. The average molecular weight is 279 g/mol. The maximum absolute atomic E-state index is 6.30. The highest BCUT2D eigenvalue weighted by Gasteiger charge is 2.12. The lowest BCUT2D eigenvalue weighted by Gasteiger charge is -2.13. The van der Waals surface area contributed by atoms with Crippen molar-refractivity contribution < 1.29 is 4.74 Å². The van der Waals surface area contributed by atoms with Crippen LogP contribution in [0.25, 0.3) is 10.8 Å². The van der Waals surface area contributed by atoms with Gasteiger partial charge in [-0.3, -0.25) is 0 Å². The summed E-state index contributed by atoms with van der Waals surface area (Å²) in [5, 5.41) is 2.46. The van der Waals surface area contributed by atoms with Crippen LogP contribution < -0.4 is 10.5 Å². The van der Waals surface area contributed by atoms with Gasteiger partial charge in [0.1, 0.15) is 6.33 Å². The summed E-state index contributed by atoms with van der Waals surface area (Å²) in [7, 11) is 1.59. The van der Waals surface area contributed by atoms with Crippen LogP contribution in [0.5, 0.6) is 5.88 Å². The number of ether oxygens (including phenoxy) is 1. The van der Waals surface area contributed by atoms with Gasteiger partial charge in [0.2, 0.25) is 5.88 Å². The molecule has 0 saturated heterocycles. The maximum Gasteiger partial charge on any atom is 0.216 e. The van der Waals surface area contributed by atoms with Crippen molar-refractivity contribution in [3.05, 3.63) is 66.1 Å². The largest absolute Gasteiger partial charge is 0.481 e.